The number of methoxy groups -OCH3 is 1. The largest absolute Gasteiger partial charge is 0.493 e. The Morgan fingerprint density at radius 1 is 1.11 bits per heavy atom. The fourth-order valence-electron chi connectivity index (χ4n) is 1.76. The van der Waals surface area contributed by atoms with E-state index in [-0.39, 0.29) is 6.61 Å². The first kappa shape index (κ1) is 13.1. The van der Waals surface area contributed by atoms with E-state index in [0.29, 0.717) is 23.1 Å². The van der Waals surface area contributed by atoms with Gasteiger partial charge in [-0.15, -0.1) is 0 Å². The molecule has 5 nitrogen and oxygen atoms in total. The highest BCUT2D eigenvalue weighted by atomic mass is 16.5. The van der Waals surface area contributed by atoms with Crippen molar-refractivity contribution < 1.29 is 9.47 Å². The van der Waals surface area contributed by atoms with Crippen LogP contribution in [0.2, 0.25) is 0 Å². The molecule has 5 heteroatoms. The fraction of sp³-hybridized carbons (Fsp3) is 0.286. The van der Waals surface area contributed by atoms with Gasteiger partial charge in [-0.25, -0.2) is 9.97 Å². The molecule has 0 bridgehead atoms. The second-order valence-electron chi connectivity index (χ2n) is 4.29. The van der Waals surface area contributed by atoms with E-state index in [1.165, 1.54) is 0 Å². The number of nitrogen functional groups attached to an aromatic ring is 1. The number of anilines is 1. The van der Waals surface area contributed by atoms with E-state index in [0.717, 1.165) is 11.3 Å². The Morgan fingerprint density at radius 3 is 2.58 bits per heavy atom. The Labute approximate surface area is 112 Å². The van der Waals surface area contributed by atoms with Crippen LogP contribution >= 0.6 is 0 Å². The summed E-state index contributed by atoms with van der Waals surface area (Å²) in [5.74, 6) is 2.36. The monoisotopic (exact) mass is 259 g/mol. The molecule has 0 unspecified atom stereocenters. The highest BCUT2D eigenvalue weighted by molar-refractivity contribution is 5.42. The molecule has 0 aliphatic heterocycles. The Hall–Kier alpha value is -2.30. The number of hydrogen-bond acceptors (Lipinski definition) is 5. The van der Waals surface area contributed by atoms with E-state index >= 15 is 0 Å². The van der Waals surface area contributed by atoms with Gasteiger partial charge in [-0.3, -0.25) is 0 Å². The number of ether oxygens (including phenoxy) is 2. The van der Waals surface area contributed by atoms with E-state index in [2.05, 4.69) is 9.97 Å². The first-order chi connectivity index (χ1) is 9.08. The van der Waals surface area contributed by atoms with Crippen molar-refractivity contribution in [2.45, 2.75) is 20.5 Å². The summed E-state index contributed by atoms with van der Waals surface area (Å²) < 4.78 is 10.9. The van der Waals surface area contributed by atoms with Crippen molar-refractivity contribution in [1.82, 2.24) is 9.97 Å². The number of benzene rings is 1. The van der Waals surface area contributed by atoms with Crippen LogP contribution in [0.3, 0.4) is 0 Å². The van der Waals surface area contributed by atoms with E-state index < -0.39 is 0 Å². The topological polar surface area (TPSA) is 70.3 Å². The van der Waals surface area contributed by atoms with Crippen molar-refractivity contribution in [3.63, 3.8) is 0 Å². The predicted octanol–water partition coefficient (Wildman–Crippen LogP) is 2.26. The van der Waals surface area contributed by atoms with Gasteiger partial charge in [-0.2, -0.15) is 0 Å². The molecule has 0 atom stereocenters. The molecular formula is C14H17N3O2. The van der Waals surface area contributed by atoms with Crippen LogP contribution in [0.4, 0.5) is 5.82 Å². The zero-order valence-electron chi connectivity index (χ0n) is 11.3. The highest BCUT2D eigenvalue weighted by Crippen LogP contribution is 2.28. The lowest BCUT2D eigenvalue weighted by Gasteiger charge is -2.11. The number of nitrogens with two attached hydrogens (primary N) is 1. The van der Waals surface area contributed by atoms with Crippen molar-refractivity contribution in [3.05, 3.63) is 41.3 Å². The van der Waals surface area contributed by atoms with Crippen LogP contribution in [-0.4, -0.2) is 17.1 Å². The molecule has 100 valence electrons. The van der Waals surface area contributed by atoms with E-state index in [1.807, 2.05) is 32.0 Å². The normalized spacial score (nSPS) is 10.3. The number of nitrogens with zero attached hydrogens (tertiary/aromatic N) is 2. The molecular weight excluding hydrogens is 242 g/mol. The van der Waals surface area contributed by atoms with Gasteiger partial charge in [0.1, 0.15) is 12.4 Å². The molecule has 1 aromatic carbocycles. The second kappa shape index (κ2) is 5.56. The van der Waals surface area contributed by atoms with Gasteiger partial charge in [0.05, 0.1) is 7.11 Å². The maximum absolute atomic E-state index is 5.67. The fourth-order valence-corrected chi connectivity index (χ4v) is 1.76. The van der Waals surface area contributed by atoms with Gasteiger partial charge in [0.2, 0.25) is 0 Å². The molecule has 0 aliphatic carbocycles. The van der Waals surface area contributed by atoms with Crippen LogP contribution in [0.25, 0.3) is 0 Å². The van der Waals surface area contributed by atoms with Gasteiger partial charge in [0.15, 0.2) is 17.3 Å². The van der Waals surface area contributed by atoms with Gasteiger partial charge in [-0.1, -0.05) is 6.07 Å². The van der Waals surface area contributed by atoms with E-state index in [1.54, 1.807) is 13.2 Å². The van der Waals surface area contributed by atoms with Crippen molar-refractivity contribution in [2.75, 3.05) is 12.8 Å². The predicted molar refractivity (Wildman–Crippen MR) is 73.2 cm³/mol. The smallest absolute Gasteiger partial charge is 0.168 e. The van der Waals surface area contributed by atoms with Crippen molar-refractivity contribution in [2.24, 2.45) is 0 Å². The summed E-state index contributed by atoms with van der Waals surface area (Å²) in [4.78, 5) is 8.39. The van der Waals surface area contributed by atoms with Crippen molar-refractivity contribution in [1.29, 1.82) is 0 Å². The maximum Gasteiger partial charge on any atom is 0.168 e. The van der Waals surface area contributed by atoms with Crippen LogP contribution in [-0.2, 0) is 6.61 Å². The Kier molecular flexibility index (Phi) is 3.85. The molecule has 1 heterocycles. The van der Waals surface area contributed by atoms with E-state index in [9.17, 15) is 0 Å². The lowest BCUT2D eigenvalue weighted by molar-refractivity contribution is 0.276. The van der Waals surface area contributed by atoms with E-state index in [4.69, 9.17) is 15.2 Å². The summed E-state index contributed by atoms with van der Waals surface area (Å²) in [6, 6.07) is 7.47. The zero-order valence-corrected chi connectivity index (χ0v) is 11.3. The van der Waals surface area contributed by atoms with Gasteiger partial charge < -0.3 is 15.2 Å². The molecule has 0 aliphatic rings. The van der Waals surface area contributed by atoms with Gasteiger partial charge in [-0.05, 0) is 31.5 Å². The summed E-state index contributed by atoms with van der Waals surface area (Å²) in [5.41, 5.74) is 7.61. The maximum atomic E-state index is 5.67. The minimum atomic E-state index is 0.255. The summed E-state index contributed by atoms with van der Waals surface area (Å²) in [7, 11) is 1.61. The first-order valence-corrected chi connectivity index (χ1v) is 5.96. The zero-order chi connectivity index (χ0) is 13.8. The van der Waals surface area contributed by atoms with Gasteiger partial charge >= 0.3 is 0 Å². The number of aromatic nitrogens is 2. The summed E-state index contributed by atoms with van der Waals surface area (Å²) >= 11 is 0. The van der Waals surface area contributed by atoms with Crippen LogP contribution < -0.4 is 15.2 Å². The first-order valence-electron chi connectivity index (χ1n) is 5.96. The third-order valence-electron chi connectivity index (χ3n) is 2.60. The summed E-state index contributed by atoms with van der Waals surface area (Å²) in [6.45, 7) is 4.12. The molecule has 19 heavy (non-hydrogen) atoms. The minimum absolute atomic E-state index is 0.255. The number of aryl methyl sites for hydroxylation is 2. The number of rotatable bonds is 4. The third kappa shape index (κ3) is 3.34. The quantitative estimate of drug-likeness (QED) is 0.912. The Balaban J connectivity index is 2.14. The second-order valence-corrected chi connectivity index (χ2v) is 4.29. The van der Waals surface area contributed by atoms with Crippen molar-refractivity contribution in [3.8, 4) is 11.5 Å². The van der Waals surface area contributed by atoms with Crippen LogP contribution in [0.1, 0.15) is 17.1 Å². The summed E-state index contributed by atoms with van der Waals surface area (Å²) in [5, 5.41) is 0. The molecule has 2 N–H and O–H groups in total. The molecule has 1 aromatic heterocycles. The summed E-state index contributed by atoms with van der Waals surface area (Å²) in [6.07, 6.45) is 0. The van der Waals surface area contributed by atoms with Gasteiger partial charge in [0, 0.05) is 11.8 Å². The molecule has 2 rings (SSSR count). The molecule has 0 saturated carbocycles. The molecule has 0 radical (unpaired) electrons. The Bertz CT molecular complexity index is 565. The lowest BCUT2D eigenvalue weighted by Crippen LogP contribution is -2.05. The van der Waals surface area contributed by atoms with Crippen LogP contribution in [0, 0.1) is 13.8 Å². The molecule has 2 aromatic rings. The average molecular weight is 259 g/mol. The lowest BCUT2D eigenvalue weighted by atomic mass is 10.2. The molecule has 0 spiro atoms. The third-order valence-corrected chi connectivity index (χ3v) is 2.60. The highest BCUT2D eigenvalue weighted by Gasteiger charge is 2.06. The minimum Gasteiger partial charge on any atom is -0.493 e. The Morgan fingerprint density at radius 2 is 1.89 bits per heavy atom. The molecule has 0 amide bonds. The molecule has 0 fully saturated rings. The van der Waals surface area contributed by atoms with Crippen LogP contribution in [0.15, 0.2) is 24.3 Å². The van der Waals surface area contributed by atoms with Crippen LogP contribution in [0.5, 0.6) is 11.5 Å². The molecule has 0 saturated heterocycles. The van der Waals surface area contributed by atoms with Gasteiger partial charge in [0.25, 0.3) is 0 Å². The standard InChI is InChI=1S/C14H17N3O2/c1-9-4-5-11(12(6-9)18-3)19-8-14-16-10(2)7-13(15)17-14/h4-7H,8H2,1-3H3,(H2,15,16,17). The SMILES string of the molecule is COc1cc(C)ccc1OCc1nc(C)cc(N)n1. The average Bonchev–Trinajstić information content (AvgIpc) is 2.36. The van der Waals surface area contributed by atoms with Crippen molar-refractivity contribution >= 4 is 5.82 Å². The number of hydrogen-bond donors (Lipinski definition) is 1.